The molecule has 1 aliphatic heterocycles. The molecule has 0 aromatic carbocycles. The number of hydrogen-bond acceptors (Lipinski definition) is 7. The van der Waals surface area contributed by atoms with Crippen LogP contribution in [0.25, 0.3) is 22.3 Å². The number of amides is 1. The molecule has 0 radical (unpaired) electrons. The molecule has 34 heavy (non-hydrogen) atoms. The molecular formula is C23H23N7O3S. The molecule has 5 heterocycles. The van der Waals surface area contributed by atoms with Crippen molar-refractivity contribution in [2.75, 3.05) is 13.1 Å². The fourth-order valence-corrected chi connectivity index (χ4v) is 5.10. The topological polar surface area (TPSA) is 132 Å². The van der Waals surface area contributed by atoms with E-state index in [1.807, 2.05) is 23.1 Å². The van der Waals surface area contributed by atoms with Gasteiger partial charge in [0.15, 0.2) is 11.1 Å². The van der Waals surface area contributed by atoms with Crippen molar-refractivity contribution in [1.82, 2.24) is 29.5 Å². The van der Waals surface area contributed by atoms with Crippen molar-refractivity contribution in [1.29, 1.82) is 0 Å². The average molecular weight is 478 g/mol. The summed E-state index contributed by atoms with van der Waals surface area (Å²) in [5, 5.41) is 15.0. The number of aromatic amines is 2. The van der Waals surface area contributed by atoms with Gasteiger partial charge in [0.1, 0.15) is 5.69 Å². The summed E-state index contributed by atoms with van der Waals surface area (Å²) in [7, 11) is 0. The van der Waals surface area contributed by atoms with E-state index in [2.05, 4.69) is 15.1 Å². The van der Waals surface area contributed by atoms with Crippen LogP contribution in [-0.4, -0.2) is 59.6 Å². The highest BCUT2D eigenvalue weighted by molar-refractivity contribution is 7.17. The molecule has 0 spiro atoms. The maximum atomic E-state index is 12.9. The number of hydrogen-bond donors (Lipinski definition) is 3. The Kier molecular flexibility index (Phi) is 5.05. The van der Waals surface area contributed by atoms with E-state index in [1.165, 1.54) is 17.8 Å². The van der Waals surface area contributed by atoms with Gasteiger partial charge in [-0.2, -0.15) is 9.61 Å². The number of imidazole rings is 1. The second-order valence-corrected chi connectivity index (χ2v) is 9.78. The third-order valence-electron chi connectivity index (χ3n) is 6.09. The highest BCUT2D eigenvalue weighted by atomic mass is 32.1. The Hall–Kier alpha value is -3.73. The second-order valence-electron chi connectivity index (χ2n) is 8.70. The Labute approximate surface area is 197 Å². The van der Waals surface area contributed by atoms with Crippen molar-refractivity contribution in [3.05, 3.63) is 56.2 Å². The van der Waals surface area contributed by atoms with Gasteiger partial charge in [-0.05, 0) is 50.3 Å². The Bertz CT molecular complexity index is 1570. The Morgan fingerprint density at radius 3 is 2.76 bits per heavy atom. The first-order valence-electron chi connectivity index (χ1n) is 11.4. The second kappa shape index (κ2) is 8.24. The predicted octanol–water partition coefficient (Wildman–Crippen LogP) is 1.42. The van der Waals surface area contributed by atoms with Crippen LogP contribution in [0.15, 0.2) is 34.2 Å². The summed E-state index contributed by atoms with van der Waals surface area (Å²) < 4.78 is 1.67. The SMILES string of the molecule is O=C(c1ccc(-c2cc(=NC3CC3)n3ncc(=Cc4[nH]c(=O)[nH]c4O)c3n2)s1)N1CCCCC1. The summed E-state index contributed by atoms with van der Waals surface area (Å²) in [6, 6.07) is 5.97. The van der Waals surface area contributed by atoms with E-state index in [4.69, 9.17) is 9.98 Å². The summed E-state index contributed by atoms with van der Waals surface area (Å²) in [6.07, 6.45) is 8.62. The van der Waals surface area contributed by atoms with Crippen LogP contribution in [0, 0.1) is 0 Å². The van der Waals surface area contributed by atoms with E-state index in [9.17, 15) is 14.7 Å². The van der Waals surface area contributed by atoms with Gasteiger partial charge in [-0.15, -0.1) is 11.3 Å². The first kappa shape index (κ1) is 20.8. The lowest BCUT2D eigenvalue weighted by atomic mass is 10.1. The van der Waals surface area contributed by atoms with Crippen molar-refractivity contribution in [3.8, 4) is 16.5 Å². The Morgan fingerprint density at radius 2 is 2.03 bits per heavy atom. The van der Waals surface area contributed by atoms with Crippen LogP contribution >= 0.6 is 11.3 Å². The number of carbonyl (C=O) groups excluding carboxylic acids is 1. The molecule has 0 unspecified atom stereocenters. The minimum absolute atomic E-state index is 0.0742. The molecule has 1 aliphatic carbocycles. The summed E-state index contributed by atoms with van der Waals surface area (Å²) in [5.41, 5.74) is 1.69. The zero-order valence-corrected chi connectivity index (χ0v) is 19.1. The van der Waals surface area contributed by atoms with E-state index in [1.54, 1.807) is 16.8 Å². The lowest BCUT2D eigenvalue weighted by Gasteiger charge is -2.26. The third-order valence-corrected chi connectivity index (χ3v) is 7.19. The number of nitrogens with zero attached hydrogens (tertiary/aromatic N) is 5. The van der Waals surface area contributed by atoms with E-state index < -0.39 is 5.69 Å². The molecule has 10 nitrogen and oxygen atoms in total. The Balaban J connectivity index is 1.45. The minimum Gasteiger partial charge on any atom is -0.493 e. The van der Waals surface area contributed by atoms with Gasteiger partial charge in [0.2, 0.25) is 5.88 Å². The number of carbonyl (C=O) groups is 1. The molecule has 11 heteroatoms. The number of nitrogens with one attached hydrogen (secondary N) is 2. The van der Waals surface area contributed by atoms with E-state index >= 15 is 0 Å². The van der Waals surface area contributed by atoms with Crippen LogP contribution in [0.2, 0.25) is 0 Å². The highest BCUT2D eigenvalue weighted by Crippen LogP contribution is 2.28. The molecule has 174 valence electrons. The number of piperidine rings is 1. The molecule has 4 aromatic rings. The summed E-state index contributed by atoms with van der Waals surface area (Å²) in [4.78, 5) is 42.5. The largest absolute Gasteiger partial charge is 0.493 e. The fourth-order valence-electron chi connectivity index (χ4n) is 4.17. The summed E-state index contributed by atoms with van der Waals surface area (Å²) in [5.74, 6) is -0.173. The molecule has 0 atom stereocenters. The first-order chi connectivity index (χ1) is 16.5. The number of likely N-dealkylation sites (tertiary alicyclic amines) is 1. The lowest BCUT2D eigenvalue weighted by molar-refractivity contribution is 0.0729. The lowest BCUT2D eigenvalue weighted by Crippen LogP contribution is -2.35. The van der Waals surface area contributed by atoms with Gasteiger partial charge in [0.25, 0.3) is 5.91 Å². The molecule has 3 N–H and O–H groups in total. The van der Waals surface area contributed by atoms with Crippen LogP contribution < -0.4 is 16.4 Å². The molecule has 1 saturated heterocycles. The van der Waals surface area contributed by atoms with Crippen LogP contribution in [0.4, 0.5) is 0 Å². The monoisotopic (exact) mass is 477 g/mol. The summed E-state index contributed by atoms with van der Waals surface area (Å²) >= 11 is 1.43. The summed E-state index contributed by atoms with van der Waals surface area (Å²) in [6.45, 7) is 1.62. The molecule has 1 saturated carbocycles. The van der Waals surface area contributed by atoms with Gasteiger partial charge >= 0.3 is 5.69 Å². The molecule has 1 amide bonds. The van der Waals surface area contributed by atoms with Gasteiger partial charge in [-0.3, -0.25) is 14.8 Å². The van der Waals surface area contributed by atoms with Crippen molar-refractivity contribution in [3.63, 3.8) is 0 Å². The van der Waals surface area contributed by atoms with E-state index in [-0.39, 0.29) is 23.5 Å². The van der Waals surface area contributed by atoms with Gasteiger partial charge in [-0.1, -0.05) is 0 Å². The van der Waals surface area contributed by atoms with Crippen molar-refractivity contribution in [2.24, 2.45) is 4.99 Å². The van der Waals surface area contributed by atoms with Crippen LogP contribution in [-0.2, 0) is 0 Å². The predicted molar refractivity (Wildman–Crippen MR) is 127 cm³/mol. The zero-order chi connectivity index (χ0) is 23.2. The molecule has 2 aliphatic rings. The third kappa shape index (κ3) is 3.92. The average Bonchev–Trinajstić information content (AvgIpc) is 3.22. The molecule has 0 bridgehead atoms. The number of fused-ring (bicyclic) bond motifs is 1. The number of aromatic hydroxyl groups is 1. The van der Waals surface area contributed by atoms with Crippen molar-refractivity contribution < 1.29 is 9.90 Å². The zero-order valence-electron chi connectivity index (χ0n) is 18.3. The standard InChI is InChI=1S/C23H23N7O3S/c31-21-16(27-23(33)28-21)10-13-12-24-30-19(25-14-4-5-14)11-15(26-20(13)30)17-6-7-18(34-17)22(32)29-8-2-1-3-9-29/h6-7,10-12,14,31H,1-5,8-9H2,(H2,27,28,33). The van der Waals surface area contributed by atoms with E-state index in [0.717, 1.165) is 43.6 Å². The number of rotatable bonds is 4. The maximum absolute atomic E-state index is 12.9. The van der Waals surface area contributed by atoms with Crippen molar-refractivity contribution in [2.45, 2.75) is 38.1 Å². The van der Waals surface area contributed by atoms with Crippen LogP contribution in [0.5, 0.6) is 5.88 Å². The van der Waals surface area contributed by atoms with Gasteiger partial charge < -0.3 is 15.0 Å². The number of aromatic nitrogens is 5. The molecule has 6 rings (SSSR count). The normalized spacial score (nSPS) is 17.7. The van der Waals surface area contributed by atoms with Gasteiger partial charge in [-0.25, -0.2) is 9.78 Å². The number of H-pyrrole nitrogens is 2. The minimum atomic E-state index is -0.497. The smallest absolute Gasteiger partial charge is 0.326 e. The maximum Gasteiger partial charge on any atom is 0.326 e. The molecular weight excluding hydrogens is 454 g/mol. The van der Waals surface area contributed by atoms with Crippen molar-refractivity contribution >= 4 is 29.0 Å². The quantitative estimate of drug-likeness (QED) is 0.409. The fraction of sp³-hybridized carbons (Fsp3) is 0.348. The number of thiophene rings is 1. The van der Waals surface area contributed by atoms with Gasteiger partial charge in [0, 0.05) is 24.4 Å². The van der Waals surface area contributed by atoms with Crippen LogP contribution in [0.1, 0.15) is 47.5 Å². The Morgan fingerprint density at radius 1 is 1.21 bits per heavy atom. The molecule has 2 fully saturated rings. The van der Waals surface area contributed by atoms with E-state index in [0.29, 0.717) is 26.9 Å². The molecule has 4 aromatic heterocycles. The highest BCUT2D eigenvalue weighted by Gasteiger charge is 2.22. The first-order valence-corrected chi connectivity index (χ1v) is 12.2. The van der Waals surface area contributed by atoms with Gasteiger partial charge in [0.05, 0.1) is 27.7 Å². The van der Waals surface area contributed by atoms with Crippen LogP contribution in [0.3, 0.4) is 0 Å².